The van der Waals surface area contributed by atoms with Crippen LogP contribution in [0.1, 0.15) is 18.4 Å². The summed E-state index contributed by atoms with van der Waals surface area (Å²) < 4.78 is 6.12. The maximum Gasteiger partial charge on any atom is 0.0796 e. The molecule has 0 radical (unpaired) electrons. The lowest BCUT2D eigenvalue weighted by atomic mass is 9.99. The molecule has 1 atom stereocenters. The highest BCUT2D eigenvalue weighted by Crippen LogP contribution is 2.34. The van der Waals surface area contributed by atoms with E-state index in [2.05, 4.69) is 24.3 Å². The van der Waals surface area contributed by atoms with Crippen molar-refractivity contribution in [1.82, 2.24) is 0 Å². The van der Waals surface area contributed by atoms with Gasteiger partial charge in [-0.15, -0.1) is 0 Å². The number of rotatable bonds is 5. The quantitative estimate of drug-likeness (QED) is 0.854. The molecule has 2 rings (SSSR count). The standard InChI is InChI=1S/C13H19NOS/c14-8-6-13(7-9-16-11-13)15-10-12-4-2-1-3-5-12/h1-5H,6-11,14H2. The van der Waals surface area contributed by atoms with Crippen LogP contribution in [0.5, 0.6) is 0 Å². The van der Waals surface area contributed by atoms with Crippen molar-refractivity contribution in [3.05, 3.63) is 35.9 Å². The Kier molecular flexibility index (Phi) is 4.27. The van der Waals surface area contributed by atoms with Gasteiger partial charge in [0.2, 0.25) is 0 Å². The van der Waals surface area contributed by atoms with Crippen molar-refractivity contribution in [2.45, 2.75) is 25.0 Å². The Morgan fingerprint density at radius 3 is 2.75 bits per heavy atom. The molecule has 1 aliphatic rings. The van der Waals surface area contributed by atoms with Crippen molar-refractivity contribution in [3.8, 4) is 0 Å². The van der Waals surface area contributed by atoms with Gasteiger partial charge in [-0.05, 0) is 30.7 Å². The van der Waals surface area contributed by atoms with Crippen LogP contribution in [0.15, 0.2) is 30.3 Å². The van der Waals surface area contributed by atoms with Crippen LogP contribution in [0.25, 0.3) is 0 Å². The highest BCUT2D eigenvalue weighted by molar-refractivity contribution is 7.99. The van der Waals surface area contributed by atoms with E-state index in [1.807, 2.05) is 17.8 Å². The molecule has 1 fully saturated rings. The number of nitrogens with two attached hydrogens (primary N) is 1. The molecular formula is C13H19NOS. The summed E-state index contributed by atoms with van der Waals surface area (Å²) >= 11 is 1.98. The van der Waals surface area contributed by atoms with Gasteiger partial charge in [-0.25, -0.2) is 0 Å². The average Bonchev–Trinajstić information content (AvgIpc) is 2.78. The molecule has 16 heavy (non-hydrogen) atoms. The van der Waals surface area contributed by atoms with Crippen LogP contribution in [0, 0.1) is 0 Å². The first-order chi connectivity index (χ1) is 7.85. The van der Waals surface area contributed by atoms with Crippen LogP contribution in [0.4, 0.5) is 0 Å². The monoisotopic (exact) mass is 237 g/mol. The van der Waals surface area contributed by atoms with Gasteiger partial charge in [0.1, 0.15) is 0 Å². The van der Waals surface area contributed by atoms with Gasteiger partial charge < -0.3 is 10.5 Å². The predicted octanol–water partition coefficient (Wildman–Crippen LogP) is 2.43. The zero-order chi connectivity index (χ0) is 11.3. The van der Waals surface area contributed by atoms with Gasteiger partial charge in [-0.1, -0.05) is 30.3 Å². The summed E-state index contributed by atoms with van der Waals surface area (Å²) in [6, 6.07) is 10.4. The van der Waals surface area contributed by atoms with Crippen molar-refractivity contribution < 1.29 is 4.74 Å². The molecule has 1 unspecified atom stereocenters. The summed E-state index contributed by atoms with van der Waals surface area (Å²) in [6.45, 7) is 1.43. The normalized spacial score (nSPS) is 24.8. The van der Waals surface area contributed by atoms with Gasteiger partial charge in [0.05, 0.1) is 12.2 Å². The largest absolute Gasteiger partial charge is 0.369 e. The minimum Gasteiger partial charge on any atom is -0.369 e. The lowest BCUT2D eigenvalue weighted by Crippen LogP contribution is -2.34. The lowest BCUT2D eigenvalue weighted by molar-refractivity contribution is -0.0412. The summed E-state index contributed by atoms with van der Waals surface area (Å²) in [6.07, 6.45) is 2.12. The van der Waals surface area contributed by atoms with E-state index in [0.717, 1.165) is 25.1 Å². The van der Waals surface area contributed by atoms with Gasteiger partial charge in [-0.2, -0.15) is 11.8 Å². The second kappa shape index (κ2) is 5.71. The smallest absolute Gasteiger partial charge is 0.0796 e. The molecule has 3 heteroatoms. The molecule has 0 amide bonds. The Morgan fingerprint density at radius 1 is 1.31 bits per heavy atom. The highest BCUT2D eigenvalue weighted by atomic mass is 32.2. The highest BCUT2D eigenvalue weighted by Gasteiger charge is 2.34. The van der Waals surface area contributed by atoms with Gasteiger partial charge in [-0.3, -0.25) is 0 Å². The van der Waals surface area contributed by atoms with E-state index < -0.39 is 0 Å². The Balaban J connectivity index is 1.92. The molecule has 0 aromatic heterocycles. The fourth-order valence-corrected chi connectivity index (χ4v) is 3.45. The van der Waals surface area contributed by atoms with Crippen molar-refractivity contribution in [1.29, 1.82) is 0 Å². The fraction of sp³-hybridized carbons (Fsp3) is 0.538. The second-order valence-corrected chi connectivity index (χ2v) is 5.40. The SMILES string of the molecule is NCCC1(OCc2ccccc2)CCSC1. The first-order valence-corrected chi connectivity index (χ1v) is 6.96. The van der Waals surface area contributed by atoms with Crippen LogP contribution in [-0.4, -0.2) is 23.7 Å². The lowest BCUT2D eigenvalue weighted by Gasteiger charge is -2.28. The minimum atomic E-state index is 0.0370. The summed E-state index contributed by atoms with van der Waals surface area (Å²) in [5.41, 5.74) is 6.96. The first-order valence-electron chi connectivity index (χ1n) is 5.80. The maximum absolute atomic E-state index is 6.12. The van der Waals surface area contributed by atoms with Gasteiger partial charge >= 0.3 is 0 Å². The molecule has 1 saturated heterocycles. The molecule has 2 N–H and O–H groups in total. The molecule has 1 aromatic rings. The van der Waals surface area contributed by atoms with E-state index in [4.69, 9.17) is 10.5 Å². The third-order valence-electron chi connectivity index (χ3n) is 3.05. The number of hydrogen-bond acceptors (Lipinski definition) is 3. The zero-order valence-corrected chi connectivity index (χ0v) is 10.3. The topological polar surface area (TPSA) is 35.2 Å². The van der Waals surface area contributed by atoms with E-state index in [0.29, 0.717) is 6.61 Å². The molecule has 88 valence electrons. The van der Waals surface area contributed by atoms with Crippen LogP contribution in [0.3, 0.4) is 0 Å². The summed E-state index contributed by atoms with van der Waals surface area (Å²) in [7, 11) is 0. The van der Waals surface area contributed by atoms with E-state index in [1.165, 1.54) is 11.3 Å². The maximum atomic E-state index is 6.12. The van der Waals surface area contributed by atoms with E-state index >= 15 is 0 Å². The average molecular weight is 237 g/mol. The molecule has 2 nitrogen and oxygen atoms in total. The summed E-state index contributed by atoms with van der Waals surface area (Å²) in [5, 5.41) is 0. The molecule has 0 bridgehead atoms. The number of hydrogen-bond donors (Lipinski definition) is 1. The predicted molar refractivity (Wildman–Crippen MR) is 69.6 cm³/mol. The minimum absolute atomic E-state index is 0.0370. The van der Waals surface area contributed by atoms with Crippen molar-refractivity contribution in [3.63, 3.8) is 0 Å². The number of benzene rings is 1. The zero-order valence-electron chi connectivity index (χ0n) is 9.52. The van der Waals surface area contributed by atoms with Gasteiger partial charge in [0.15, 0.2) is 0 Å². The van der Waals surface area contributed by atoms with Gasteiger partial charge in [0.25, 0.3) is 0 Å². The molecule has 1 heterocycles. The molecule has 1 aromatic carbocycles. The second-order valence-electron chi connectivity index (χ2n) is 4.30. The van der Waals surface area contributed by atoms with Crippen molar-refractivity contribution in [2.24, 2.45) is 5.73 Å². The van der Waals surface area contributed by atoms with E-state index in [9.17, 15) is 0 Å². The van der Waals surface area contributed by atoms with Gasteiger partial charge in [0, 0.05) is 5.75 Å². The fourth-order valence-electron chi connectivity index (χ4n) is 2.05. The molecule has 1 aliphatic heterocycles. The van der Waals surface area contributed by atoms with E-state index in [-0.39, 0.29) is 5.60 Å². The molecule has 0 saturated carbocycles. The van der Waals surface area contributed by atoms with Crippen LogP contribution in [-0.2, 0) is 11.3 Å². The van der Waals surface area contributed by atoms with Crippen LogP contribution >= 0.6 is 11.8 Å². The van der Waals surface area contributed by atoms with Crippen molar-refractivity contribution >= 4 is 11.8 Å². The van der Waals surface area contributed by atoms with Crippen molar-refractivity contribution in [2.75, 3.05) is 18.1 Å². The van der Waals surface area contributed by atoms with E-state index in [1.54, 1.807) is 0 Å². The third-order valence-corrected chi connectivity index (χ3v) is 4.28. The Labute approximate surface area is 102 Å². The van der Waals surface area contributed by atoms with Crippen LogP contribution in [0.2, 0.25) is 0 Å². The third kappa shape index (κ3) is 3.00. The van der Waals surface area contributed by atoms with Crippen LogP contribution < -0.4 is 5.73 Å². The molecular weight excluding hydrogens is 218 g/mol. The summed E-state index contributed by atoms with van der Waals surface area (Å²) in [4.78, 5) is 0. The number of thioether (sulfide) groups is 1. The Hall–Kier alpha value is -0.510. The molecule has 0 aliphatic carbocycles. The number of ether oxygens (including phenoxy) is 1. The Morgan fingerprint density at radius 2 is 2.12 bits per heavy atom. The summed E-state index contributed by atoms with van der Waals surface area (Å²) in [5.74, 6) is 2.30. The molecule has 0 spiro atoms. The Bertz CT molecular complexity index is 309. The first kappa shape index (κ1) is 12.0.